The maximum Gasteiger partial charge on any atom is 0.0446 e. The second-order valence-corrected chi connectivity index (χ2v) is 1.19. The van der Waals surface area contributed by atoms with Gasteiger partial charge >= 0.3 is 0 Å². The van der Waals surface area contributed by atoms with Crippen LogP contribution in [-0.2, 0) is 0 Å². The molecule has 8 heavy (non-hydrogen) atoms. The van der Waals surface area contributed by atoms with Crippen molar-refractivity contribution < 1.29 is 0 Å². The third-order valence-electron chi connectivity index (χ3n) is 0.537. The Bertz CT molecular complexity index is 97.7. The van der Waals surface area contributed by atoms with Gasteiger partial charge in [-0.25, -0.2) is 0 Å². The number of nitrogens with zero attached hydrogens (tertiary/aromatic N) is 2. The van der Waals surface area contributed by atoms with E-state index >= 15 is 0 Å². The fourth-order valence-corrected chi connectivity index (χ4v) is 0.241. The first-order valence-electron chi connectivity index (χ1n) is 2.47. The highest BCUT2D eigenvalue weighted by Crippen LogP contribution is 1.67. The Hall–Kier alpha value is -0.920. The molecule has 0 radical (unpaired) electrons. The van der Waals surface area contributed by atoms with Gasteiger partial charge in [-0.2, -0.15) is 0 Å². The fourth-order valence-electron chi connectivity index (χ4n) is 0.241. The summed E-state index contributed by atoms with van der Waals surface area (Å²) in [5.41, 5.74) is 0. The van der Waals surface area contributed by atoms with Crippen molar-refractivity contribution in [3.63, 3.8) is 0 Å². The third kappa shape index (κ3) is 5.08. The van der Waals surface area contributed by atoms with Crippen molar-refractivity contribution in [2.24, 2.45) is 9.98 Å². The topological polar surface area (TPSA) is 24.7 Å². The molecule has 0 aliphatic heterocycles. The van der Waals surface area contributed by atoms with Crippen LogP contribution < -0.4 is 0 Å². The van der Waals surface area contributed by atoms with Crippen molar-refractivity contribution >= 4 is 12.4 Å². The van der Waals surface area contributed by atoms with Crippen molar-refractivity contribution in [2.45, 2.75) is 6.92 Å². The summed E-state index contributed by atoms with van der Waals surface area (Å²) in [6.07, 6.45) is 6.85. The first-order chi connectivity index (χ1) is 3.91. The molecule has 0 amide bonds. The van der Waals surface area contributed by atoms with Crippen LogP contribution in [0.15, 0.2) is 22.3 Å². The molecule has 0 rings (SSSR count). The molecule has 0 aliphatic rings. The second kappa shape index (κ2) is 6.08. The number of allylic oxidation sites excluding steroid dienone is 1. The Balaban J connectivity index is 3.35. The van der Waals surface area contributed by atoms with Gasteiger partial charge in [-0.15, -0.1) is 0 Å². The molecular weight excluding hydrogens is 100 g/mol. The molecule has 2 nitrogen and oxygen atoms in total. The lowest BCUT2D eigenvalue weighted by atomic mass is 10.7. The van der Waals surface area contributed by atoms with E-state index in [1.807, 2.05) is 13.0 Å². The predicted octanol–water partition coefficient (Wildman–Crippen LogP) is 1.29. The van der Waals surface area contributed by atoms with Crippen LogP contribution in [0.25, 0.3) is 0 Å². The number of hydrogen-bond acceptors (Lipinski definition) is 2. The molecule has 0 aromatic heterocycles. The van der Waals surface area contributed by atoms with Crippen molar-refractivity contribution in [1.82, 2.24) is 0 Å². The van der Waals surface area contributed by atoms with Crippen LogP contribution in [0.1, 0.15) is 6.92 Å². The van der Waals surface area contributed by atoms with E-state index in [0.29, 0.717) is 0 Å². The predicted molar refractivity (Wildman–Crippen MR) is 37.7 cm³/mol. The molecule has 0 unspecified atom stereocenters. The maximum atomic E-state index is 3.82. The molecule has 2 heteroatoms. The zero-order valence-electron chi connectivity index (χ0n) is 5.20. The molecule has 0 saturated carbocycles. The monoisotopic (exact) mass is 110 g/mol. The van der Waals surface area contributed by atoms with Crippen molar-refractivity contribution in [1.29, 1.82) is 0 Å². The Morgan fingerprint density at radius 2 is 2.00 bits per heavy atom. The number of hydrogen-bond donors (Lipinski definition) is 0. The molecule has 0 bridgehead atoms. The number of aliphatic imine (C=N–C) groups is 2. The van der Waals surface area contributed by atoms with Crippen LogP contribution in [0.3, 0.4) is 0 Å². The summed E-state index contributed by atoms with van der Waals surface area (Å²) >= 11 is 0. The summed E-state index contributed by atoms with van der Waals surface area (Å²) in [7, 11) is 1.71. The maximum absolute atomic E-state index is 3.82. The smallest absolute Gasteiger partial charge is 0.0446 e. The first-order valence-corrected chi connectivity index (χ1v) is 2.47. The summed E-state index contributed by atoms with van der Waals surface area (Å²) in [6, 6.07) is 0. The van der Waals surface area contributed by atoms with Gasteiger partial charge in [-0.05, 0) is 6.92 Å². The molecule has 0 aromatic rings. The number of rotatable bonds is 2. The quantitative estimate of drug-likeness (QED) is 0.478. The van der Waals surface area contributed by atoms with Gasteiger partial charge in [0.2, 0.25) is 0 Å². The van der Waals surface area contributed by atoms with Gasteiger partial charge in [-0.1, -0.05) is 6.08 Å². The first kappa shape index (κ1) is 7.08. The van der Waals surface area contributed by atoms with Gasteiger partial charge in [0.1, 0.15) is 0 Å². The van der Waals surface area contributed by atoms with Gasteiger partial charge in [0.05, 0.1) is 0 Å². The van der Waals surface area contributed by atoms with Crippen LogP contribution in [0.5, 0.6) is 0 Å². The highest BCUT2D eigenvalue weighted by atomic mass is 14.7. The zero-order valence-corrected chi connectivity index (χ0v) is 5.20. The molecule has 0 heterocycles. The second-order valence-electron chi connectivity index (χ2n) is 1.19. The summed E-state index contributed by atoms with van der Waals surface area (Å²) in [5.74, 6) is 0. The lowest BCUT2D eigenvalue weighted by Gasteiger charge is -1.69. The molecule has 0 spiro atoms. The molecule has 0 aliphatic carbocycles. The molecule has 44 valence electrons. The SMILES string of the molecule is C\C=C/N=C\C=N/C. The average Bonchev–Trinajstić information content (AvgIpc) is 1.81. The molecular formula is C6H10N2. The van der Waals surface area contributed by atoms with Gasteiger partial charge in [-0.3, -0.25) is 9.98 Å². The summed E-state index contributed by atoms with van der Waals surface area (Å²) in [6.45, 7) is 1.92. The zero-order chi connectivity index (χ0) is 6.24. The van der Waals surface area contributed by atoms with E-state index in [2.05, 4.69) is 9.98 Å². The lowest BCUT2D eigenvalue weighted by molar-refractivity contribution is 1.48. The largest absolute Gasteiger partial charge is 0.295 e. The van der Waals surface area contributed by atoms with E-state index in [0.717, 1.165) is 0 Å². The lowest BCUT2D eigenvalue weighted by Crippen LogP contribution is -1.69. The molecule has 0 N–H and O–H groups in total. The van der Waals surface area contributed by atoms with E-state index in [9.17, 15) is 0 Å². The van der Waals surface area contributed by atoms with E-state index in [-0.39, 0.29) is 0 Å². The van der Waals surface area contributed by atoms with E-state index < -0.39 is 0 Å². The highest BCUT2D eigenvalue weighted by Gasteiger charge is 1.56. The van der Waals surface area contributed by atoms with Crippen LogP contribution >= 0.6 is 0 Å². The van der Waals surface area contributed by atoms with Crippen molar-refractivity contribution in [3.05, 3.63) is 12.3 Å². The van der Waals surface area contributed by atoms with Crippen molar-refractivity contribution in [3.8, 4) is 0 Å². The van der Waals surface area contributed by atoms with E-state index in [1.165, 1.54) is 0 Å². The molecule has 0 atom stereocenters. The molecule has 0 aromatic carbocycles. The Labute approximate surface area is 49.7 Å². The van der Waals surface area contributed by atoms with Gasteiger partial charge in [0, 0.05) is 25.7 Å². The minimum Gasteiger partial charge on any atom is -0.295 e. The van der Waals surface area contributed by atoms with Gasteiger partial charge in [0.15, 0.2) is 0 Å². The summed E-state index contributed by atoms with van der Waals surface area (Å²) in [4.78, 5) is 7.52. The van der Waals surface area contributed by atoms with E-state index in [4.69, 9.17) is 0 Å². The third-order valence-corrected chi connectivity index (χ3v) is 0.537. The summed E-state index contributed by atoms with van der Waals surface area (Å²) in [5, 5.41) is 0. The highest BCUT2D eigenvalue weighted by molar-refractivity contribution is 6.16. The Morgan fingerprint density at radius 1 is 1.25 bits per heavy atom. The van der Waals surface area contributed by atoms with Crippen LogP contribution in [0.4, 0.5) is 0 Å². The molecule has 0 fully saturated rings. The molecule has 0 saturated heterocycles. The van der Waals surface area contributed by atoms with Gasteiger partial charge in [0.25, 0.3) is 0 Å². The van der Waals surface area contributed by atoms with Gasteiger partial charge < -0.3 is 0 Å². The van der Waals surface area contributed by atoms with Crippen LogP contribution in [-0.4, -0.2) is 19.5 Å². The minimum absolute atomic E-state index is 1.64. The average molecular weight is 110 g/mol. The Morgan fingerprint density at radius 3 is 2.50 bits per heavy atom. The fraction of sp³-hybridized carbons (Fsp3) is 0.333. The minimum atomic E-state index is 1.64. The Kier molecular flexibility index (Phi) is 5.38. The van der Waals surface area contributed by atoms with Crippen LogP contribution in [0.2, 0.25) is 0 Å². The standard InChI is InChI=1S/C6H10N2/c1-3-4-8-6-5-7-2/h3-6H,1-2H3/b4-3-,7-5-,8-6-. The van der Waals surface area contributed by atoms with Crippen LogP contribution in [0, 0.1) is 0 Å². The normalized spacial score (nSPS) is 12.8. The van der Waals surface area contributed by atoms with Crippen molar-refractivity contribution in [2.75, 3.05) is 7.05 Å². The summed E-state index contributed by atoms with van der Waals surface area (Å²) < 4.78 is 0. The van der Waals surface area contributed by atoms with E-state index in [1.54, 1.807) is 25.7 Å².